The van der Waals surface area contributed by atoms with E-state index in [2.05, 4.69) is 19.2 Å². The minimum absolute atomic E-state index is 0.0702. The maximum absolute atomic E-state index is 11.9. The zero-order chi connectivity index (χ0) is 13.7. The van der Waals surface area contributed by atoms with Crippen LogP contribution in [0.1, 0.15) is 31.9 Å². The molecule has 3 nitrogen and oxygen atoms in total. The predicted octanol–water partition coefficient (Wildman–Crippen LogP) is 2.71. The van der Waals surface area contributed by atoms with E-state index in [1.807, 2.05) is 32.0 Å². The number of carbonyl (C=O) groups excluding carboxylic acids is 1. The number of aryl methyl sites for hydroxylation is 1. The van der Waals surface area contributed by atoms with Gasteiger partial charge in [-0.2, -0.15) is 0 Å². The SMILES string of the molecule is COc1ccc(CC(=O)NC(C)C(C)C)cc1C. The summed E-state index contributed by atoms with van der Waals surface area (Å²) in [6.07, 6.45) is 0.419. The van der Waals surface area contributed by atoms with Crippen LogP contribution in [0.2, 0.25) is 0 Å². The van der Waals surface area contributed by atoms with Crippen molar-refractivity contribution in [2.75, 3.05) is 7.11 Å². The molecule has 1 atom stereocenters. The van der Waals surface area contributed by atoms with Gasteiger partial charge in [-0.15, -0.1) is 0 Å². The first-order valence-electron chi connectivity index (χ1n) is 6.37. The van der Waals surface area contributed by atoms with Crippen LogP contribution in [0, 0.1) is 12.8 Å². The van der Waals surface area contributed by atoms with Crippen molar-refractivity contribution < 1.29 is 9.53 Å². The lowest BCUT2D eigenvalue weighted by Crippen LogP contribution is -2.37. The lowest BCUT2D eigenvalue weighted by Gasteiger charge is -2.17. The fourth-order valence-corrected chi connectivity index (χ4v) is 1.71. The Balaban J connectivity index is 2.62. The Morgan fingerprint density at radius 3 is 2.50 bits per heavy atom. The highest BCUT2D eigenvalue weighted by Gasteiger charge is 2.11. The summed E-state index contributed by atoms with van der Waals surface area (Å²) in [6, 6.07) is 6.05. The number of hydrogen-bond donors (Lipinski definition) is 1. The van der Waals surface area contributed by atoms with Gasteiger partial charge in [0.05, 0.1) is 13.5 Å². The Kier molecular flexibility index (Phi) is 5.20. The molecular weight excluding hydrogens is 226 g/mol. The molecular formula is C15H23NO2. The highest BCUT2D eigenvalue weighted by molar-refractivity contribution is 5.79. The summed E-state index contributed by atoms with van der Waals surface area (Å²) in [6.45, 7) is 8.21. The van der Waals surface area contributed by atoms with Crippen molar-refractivity contribution in [3.05, 3.63) is 29.3 Å². The zero-order valence-electron chi connectivity index (χ0n) is 11.9. The number of hydrogen-bond acceptors (Lipinski definition) is 2. The second-order valence-corrected chi connectivity index (χ2v) is 5.08. The molecule has 0 aliphatic heterocycles. The van der Waals surface area contributed by atoms with Gasteiger partial charge in [0.25, 0.3) is 0 Å². The fraction of sp³-hybridized carbons (Fsp3) is 0.533. The van der Waals surface area contributed by atoms with Crippen molar-refractivity contribution in [2.45, 2.75) is 40.2 Å². The van der Waals surface area contributed by atoms with Crippen molar-refractivity contribution >= 4 is 5.91 Å². The van der Waals surface area contributed by atoms with Gasteiger partial charge in [0.2, 0.25) is 5.91 Å². The normalized spacial score (nSPS) is 12.3. The third-order valence-corrected chi connectivity index (χ3v) is 3.21. The topological polar surface area (TPSA) is 38.3 Å². The molecule has 0 heterocycles. The Bertz CT molecular complexity index is 413. The molecule has 18 heavy (non-hydrogen) atoms. The molecule has 1 aromatic carbocycles. The highest BCUT2D eigenvalue weighted by atomic mass is 16.5. The summed E-state index contributed by atoms with van der Waals surface area (Å²) >= 11 is 0. The van der Waals surface area contributed by atoms with Crippen LogP contribution in [0.5, 0.6) is 5.75 Å². The van der Waals surface area contributed by atoms with E-state index in [1.165, 1.54) is 0 Å². The van der Waals surface area contributed by atoms with Crippen LogP contribution in [0.3, 0.4) is 0 Å². The third-order valence-electron chi connectivity index (χ3n) is 3.21. The van der Waals surface area contributed by atoms with E-state index in [9.17, 15) is 4.79 Å². The molecule has 0 saturated heterocycles. The molecule has 0 radical (unpaired) electrons. The molecule has 0 spiro atoms. The van der Waals surface area contributed by atoms with Gasteiger partial charge in [-0.05, 0) is 37.0 Å². The van der Waals surface area contributed by atoms with Gasteiger partial charge >= 0.3 is 0 Å². The zero-order valence-corrected chi connectivity index (χ0v) is 11.9. The fourth-order valence-electron chi connectivity index (χ4n) is 1.71. The Labute approximate surface area is 110 Å². The number of nitrogens with one attached hydrogen (secondary N) is 1. The lowest BCUT2D eigenvalue weighted by molar-refractivity contribution is -0.121. The van der Waals surface area contributed by atoms with Crippen LogP contribution in [-0.2, 0) is 11.2 Å². The average Bonchev–Trinajstić information content (AvgIpc) is 2.28. The number of ether oxygens (including phenoxy) is 1. The minimum Gasteiger partial charge on any atom is -0.496 e. The van der Waals surface area contributed by atoms with Crippen molar-refractivity contribution in [1.29, 1.82) is 0 Å². The van der Waals surface area contributed by atoms with E-state index < -0.39 is 0 Å². The van der Waals surface area contributed by atoms with Gasteiger partial charge in [-0.1, -0.05) is 26.0 Å². The van der Waals surface area contributed by atoms with Gasteiger partial charge in [0.15, 0.2) is 0 Å². The summed E-state index contributed by atoms with van der Waals surface area (Å²) in [7, 11) is 1.65. The van der Waals surface area contributed by atoms with E-state index in [0.717, 1.165) is 16.9 Å². The van der Waals surface area contributed by atoms with Crippen LogP contribution >= 0.6 is 0 Å². The third kappa shape index (κ3) is 4.06. The number of methoxy groups -OCH3 is 1. The molecule has 1 unspecified atom stereocenters. The summed E-state index contributed by atoms with van der Waals surface area (Å²) in [4.78, 5) is 11.9. The Morgan fingerprint density at radius 2 is 2.00 bits per heavy atom. The Morgan fingerprint density at radius 1 is 1.33 bits per heavy atom. The smallest absolute Gasteiger partial charge is 0.224 e. The second kappa shape index (κ2) is 6.43. The summed E-state index contributed by atoms with van der Waals surface area (Å²) < 4.78 is 5.20. The van der Waals surface area contributed by atoms with E-state index in [0.29, 0.717) is 12.3 Å². The summed E-state index contributed by atoms with van der Waals surface area (Å²) in [5.74, 6) is 1.38. The number of carbonyl (C=O) groups is 1. The lowest BCUT2D eigenvalue weighted by atomic mass is 10.0. The molecule has 3 heteroatoms. The number of rotatable bonds is 5. The van der Waals surface area contributed by atoms with Gasteiger partial charge in [-0.3, -0.25) is 4.79 Å². The summed E-state index contributed by atoms with van der Waals surface area (Å²) in [5.41, 5.74) is 2.07. The van der Waals surface area contributed by atoms with Gasteiger partial charge in [-0.25, -0.2) is 0 Å². The van der Waals surface area contributed by atoms with Crippen LogP contribution in [0.15, 0.2) is 18.2 Å². The molecule has 1 amide bonds. The van der Waals surface area contributed by atoms with Crippen molar-refractivity contribution in [2.24, 2.45) is 5.92 Å². The van der Waals surface area contributed by atoms with Gasteiger partial charge < -0.3 is 10.1 Å². The molecule has 1 rings (SSSR count). The average molecular weight is 249 g/mol. The molecule has 0 bridgehead atoms. The monoisotopic (exact) mass is 249 g/mol. The summed E-state index contributed by atoms with van der Waals surface area (Å²) in [5, 5.41) is 3.01. The van der Waals surface area contributed by atoms with E-state index in [-0.39, 0.29) is 11.9 Å². The molecule has 0 fully saturated rings. The van der Waals surface area contributed by atoms with Crippen molar-refractivity contribution in [1.82, 2.24) is 5.32 Å². The second-order valence-electron chi connectivity index (χ2n) is 5.08. The molecule has 100 valence electrons. The largest absolute Gasteiger partial charge is 0.496 e. The molecule has 0 aromatic heterocycles. The number of benzene rings is 1. The van der Waals surface area contributed by atoms with Gasteiger partial charge in [0.1, 0.15) is 5.75 Å². The quantitative estimate of drug-likeness (QED) is 0.871. The van der Waals surface area contributed by atoms with E-state index >= 15 is 0 Å². The number of amides is 1. The van der Waals surface area contributed by atoms with E-state index in [4.69, 9.17) is 4.74 Å². The molecule has 1 N–H and O–H groups in total. The first-order valence-corrected chi connectivity index (χ1v) is 6.37. The standard InChI is InChI=1S/C15H23NO2/c1-10(2)12(4)16-15(17)9-13-6-7-14(18-5)11(3)8-13/h6-8,10,12H,9H2,1-5H3,(H,16,17). The minimum atomic E-state index is 0.0702. The van der Waals surface area contributed by atoms with Crippen LogP contribution in [-0.4, -0.2) is 19.1 Å². The van der Waals surface area contributed by atoms with Crippen molar-refractivity contribution in [3.8, 4) is 5.75 Å². The molecule has 1 aromatic rings. The van der Waals surface area contributed by atoms with Crippen molar-refractivity contribution in [3.63, 3.8) is 0 Å². The Hall–Kier alpha value is -1.51. The first kappa shape index (κ1) is 14.6. The maximum atomic E-state index is 11.9. The van der Waals surface area contributed by atoms with Crippen LogP contribution < -0.4 is 10.1 Å². The van der Waals surface area contributed by atoms with Crippen LogP contribution in [0.25, 0.3) is 0 Å². The van der Waals surface area contributed by atoms with Gasteiger partial charge in [0, 0.05) is 6.04 Å². The highest BCUT2D eigenvalue weighted by Crippen LogP contribution is 2.18. The molecule has 0 aliphatic rings. The molecule has 0 saturated carbocycles. The predicted molar refractivity (Wildman–Crippen MR) is 73.9 cm³/mol. The van der Waals surface area contributed by atoms with Crippen LogP contribution in [0.4, 0.5) is 0 Å². The van der Waals surface area contributed by atoms with E-state index in [1.54, 1.807) is 7.11 Å². The molecule has 0 aliphatic carbocycles. The maximum Gasteiger partial charge on any atom is 0.224 e. The first-order chi connectivity index (χ1) is 8.43.